The zero-order valence-electron chi connectivity index (χ0n) is 17.0. The van der Waals surface area contributed by atoms with E-state index in [0.717, 1.165) is 24.7 Å². The number of hydrogen-bond acceptors (Lipinski definition) is 1. The zero-order chi connectivity index (χ0) is 18.9. The number of rotatable bonds is 9. The third-order valence-electron chi connectivity index (χ3n) is 5.72. The summed E-state index contributed by atoms with van der Waals surface area (Å²) in [6.45, 7) is 5.15. The van der Waals surface area contributed by atoms with Crippen molar-refractivity contribution in [3.63, 3.8) is 0 Å². The number of unbranched alkanes of at least 4 members (excludes halogenated alkanes) is 2. The molecule has 1 heteroatoms. The van der Waals surface area contributed by atoms with Crippen molar-refractivity contribution >= 4 is 0 Å². The molecule has 0 N–H and O–H groups in total. The third-order valence-corrected chi connectivity index (χ3v) is 5.72. The molecule has 0 heterocycles. The van der Waals surface area contributed by atoms with Gasteiger partial charge in [-0.25, -0.2) is 0 Å². The van der Waals surface area contributed by atoms with Crippen LogP contribution in [-0.2, 0) is 12.8 Å². The second kappa shape index (κ2) is 10.3. The maximum Gasteiger partial charge on any atom is 0.119 e. The highest BCUT2D eigenvalue weighted by Gasteiger charge is 2.18. The number of allylic oxidation sites excluding steroid dienone is 2. The van der Waals surface area contributed by atoms with E-state index < -0.39 is 0 Å². The van der Waals surface area contributed by atoms with Gasteiger partial charge in [-0.3, -0.25) is 0 Å². The first-order valence-electron chi connectivity index (χ1n) is 10.8. The first kappa shape index (κ1) is 19.7. The molecule has 0 saturated carbocycles. The van der Waals surface area contributed by atoms with Crippen LogP contribution in [0.5, 0.6) is 5.75 Å². The van der Waals surface area contributed by atoms with Gasteiger partial charge in [0.15, 0.2) is 0 Å². The molecule has 27 heavy (non-hydrogen) atoms. The van der Waals surface area contributed by atoms with Gasteiger partial charge in [0.2, 0.25) is 0 Å². The van der Waals surface area contributed by atoms with E-state index in [0.29, 0.717) is 0 Å². The Hall–Kier alpha value is -2.02. The summed E-state index contributed by atoms with van der Waals surface area (Å²) >= 11 is 0. The van der Waals surface area contributed by atoms with Gasteiger partial charge in [0.1, 0.15) is 5.75 Å². The maximum absolute atomic E-state index is 5.84. The van der Waals surface area contributed by atoms with Crippen LogP contribution in [0.2, 0.25) is 0 Å². The lowest BCUT2D eigenvalue weighted by atomic mass is 9.80. The fraction of sp³-hybridized carbons (Fsp3) is 0.462. The Bertz CT molecular complexity index is 726. The second-order valence-electron chi connectivity index (χ2n) is 7.82. The highest BCUT2D eigenvalue weighted by Crippen LogP contribution is 2.32. The quantitative estimate of drug-likeness (QED) is 0.334. The summed E-state index contributed by atoms with van der Waals surface area (Å²) in [5, 5.41) is 0. The van der Waals surface area contributed by atoms with E-state index in [1.807, 2.05) is 0 Å². The number of fused-ring (bicyclic) bond motifs is 1. The lowest BCUT2D eigenvalue weighted by Gasteiger charge is -2.25. The fourth-order valence-electron chi connectivity index (χ4n) is 4.04. The average Bonchev–Trinajstić information content (AvgIpc) is 2.71. The first-order chi connectivity index (χ1) is 13.3. The number of ether oxygens (including phenoxy) is 1. The van der Waals surface area contributed by atoms with Gasteiger partial charge in [-0.2, -0.15) is 0 Å². The molecule has 0 amide bonds. The Morgan fingerprint density at radius 3 is 2.59 bits per heavy atom. The van der Waals surface area contributed by atoms with Crippen molar-refractivity contribution < 1.29 is 4.74 Å². The van der Waals surface area contributed by atoms with Gasteiger partial charge in [-0.15, -0.1) is 0 Å². The van der Waals surface area contributed by atoms with Crippen molar-refractivity contribution in [2.75, 3.05) is 6.61 Å². The van der Waals surface area contributed by atoms with Crippen LogP contribution in [0, 0.1) is 5.92 Å². The van der Waals surface area contributed by atoms with Gasteiger partial charge < -0.3 is 4.74 Å². The van der Waals surface area contributed by atoms with Gasteiger partial charge in [-0.05, 0) is 85.8 Å². The van der Waals surface area contributed by atoms with E-state index in [1.165, 1.54) is 56.1 Å². The smallest absolute Gasteiger partial charge is 0.119 e. The van der Waals surface area contributed by atoms with Crippen LogP contribution in [-0.4, -0.2) is 6.61 Å². The van der Waals surface area contributed by atoms with E-state index in [4.69, 9.17) is 4.74 Å². The second-order valence-corrected chi connectivity index (χ2v) is 7.82. The number of hydrogen-bond donors (Lipinski definition) is 0. The third kappa shape index (κ3) is 5.73. The van der Waals surface area contributed by atoms with Gasteiger partial charge in [0.25, 0.3) is 0 Å². The predicted octanol–water partition coefficient (Wildman–Crippen LogP) is 7.38. The molecule has 144 valence electrons. The Balaban J connectivity index is 1.60. The van der Waals surface area contributed by atoms with Gasteiger partial charge in [-0.1, -0.05) is 62.2 Å². The molecule has 0 aromatic heterocycles. The van der Waals surface area contributed by atoms with Crippen LogP contribution in [0.3, 0.4) is 0 Å². The monoisotopic (exact) mass is 362 g/mol. The fourth-order valence-corrected chi connectivity index (χ4v) is 4.04. The van der Waals surface area contributed by atoms with Crippen molar-refractivity contribution in [3.8, 4) is 16.9 Å². The van der Waals surface area contributed by atoms with Crippen molar-refractivity contribution in [2.45, 2.75) is 65.2 Å². The molecular formula is C26H34O. The summed E-state index contributed by atoms with van der Waals surface area (Å²) in [6.07, 6.45) is 14.4. The molecule has 1 aliphatic rings. The van der Waals surface area contributed by atoms with Gasteiger partial charge >= 0.3 is 0 Å². The van der Waals surface area contributed by atoms with Crippen molar-refractivity contribution in [1.82, 2.24) is 0 Å². The van der Waals surface area contributed by atoms with Gasteiger partial charge in [0, 0.05) is 0 Å². The summed E-state index contributed by atoms with van der Waals surface area (Å²) in [5.74, 6) is 1.83. The van der Waals surface area contributed by atoms with E-state index >= 15 is 0 Å². The molecule has 1 aliphatic carbocycles. The predicted molar refractivity (Wildman–Crippen MR) is 116 cm³/mol. The molecule has 0 saturated heterocycles. The summed E-state index contributed by atoms with van der Waals surface area (Å²) < 4.78 is 5.84. The summed E-state index contributed by atoms with van der Waals surface area (Å²) in [5.41, 5.74) is 5.73. The van der Waals surface area contributed by atoms with Crippen LogP contribution in [0.15, 0.2) is 54.6 Å². The van der Waals surface area contributed by atoms with Crippen LogP contribution in [0.25, 0.3) is 11.1 Å². The normalized spacial score (nSPS) is 16.4. The summed E-state index contributed by atoms with van der Waals surface area (Å²) in [6, 6.07) is 15.7. The molecule has 2 aromatic rings. The first-order valence-corrected chi connectivity index (χ1v) is 10.8. The topological polar surface area (TPSA) is 9.23 Å². The van der Waals surface area contributed by atoms with E-state index in [1.54, 1.807) is 11.1 Å². The van der Waals surface area contributed by atoms with Crippen LogP contribution < -0.4 is 4.74 Å². The summed E-state index contributed by atoms with van der Waals surface area (Å²) in [7, 11) is 0. The maximum atomic E-state index is 5.84. The minimum Gasteiger partial charge on any atom is -0.494 e. The largest absolute Gasteiger partial charge is 0.494 e. The zero-order valence-corrected chi connectivity index (χ0v) is 17.0. The summed E-state index contributed by atoms with van der Waals surface area (Å²) in [4.78, 5) is 0. The van der Waals surface area contributed by atoms with Crippen LogP contribution in [0.4, 0.5) is 0 Å². The van der Waals surface area contributed by atoms with Crippen molar-refractivity contribution in [1.29, 1.82) is 0 Å². The highest BCUT2D eigenvalue weighted by atomic mass is 16.5. The molecular weight excluding hydrogens is 328 g/mol. The minimum absolute atomic E-state index is 0.821. The molecule has 0 radical (unpaired) electrons. The minimum atomic E-state index is 0.821. The van der Waals surface area contributed by atoms with Crippen molar-refractivity contribution in [3.05, 3.63) is 65.7 Å². The molecule has 2 aromatic carbocycles. The Labute approximate surface area is 165 Å². The highest BCUT2D eigenvalue weighted by molar-refractivity contribution is 5.66. The molecule has 0 aliphatic heterocycles. The molecule has 0 bridgehead atoms. The molecule has 0 fully saturated rings. The Morgan fingerprint density at radius 1 is 1.00 bits per heavy atom. The van der Waals surface area contributed by atoms with Crippen LogP contribution in [0.1, 0.15) is 63.5 Å². The van der Waals surface area contributed by atoms with Gasteiger partial charge in [0.05, 0.1) is 6.61 Å². The molecule has 1 nitrogen and oxygen atoms in total. The van der Waals surface area contributed by atoms with E-state index in [2.05, 4.69) is 68.5 Å². The van der Waals surface area contributed by atoms with Crippen molar-refractivity contribution in [2.24, 2.45) is 5.92 Å². The Kier molecular flexibility index (Phi) is 7.56. The molecule has 1 unspecified atom stereocenters. The van der Waals surface area contributed by atoms with E-state index in [9.17, 15) is 0 Å². The Morgan fingerprint density at radius 2 is 1.81 bits per heavy atom. The standard InChI is InChI=1S/C26H34O/c1-3-5-7-9-21-10-11-25-20-24(13-12-23(25)19-21)22-14-16-26(17-15-22)27-18-8-6-4-2/h3,5,12-17,20-21H,4,6-11,18-19H2,1-2H3/b5-3+. The van der Waals surface area contributed by atoms with E-state index in [-0.39, 0.29) is 0 Å². The lowest BCUT2D eigenvalue weighted by molar-refractivity contribution is 0.306. The number of benzene rings is 2. The molecule has 1 atom stereocenters. The molecule has 3 rings (SSSR count). The molecule has 0 spiro atoms. The SMILES string of the molecule is C/C=C/CCC1CCc2cc(-c3ccc(OCCCCC)cc3)ccc2C1. The number of aryl methyl sites for hydroxylation is 1. The lowest BCUT2D eigenvalue weighted by Crippen LogP contribution is -2.14. The van der Waals surface area contributed by atoms with Crippen LogP contribution >= 0.6 is 0 Å². The average molecular weight is 363 g/mol.